The van der Waals surface area contributed by atoms with Gasteiger partial charge < -0.3 is 5.32 Å². The monoisotopic (exact) mass is 233 g/mol. The maximum Gasteiger partial charge on any atom is 0.0294 e. The predicted molar refractivity (Wildman–Crippen MR) is 76.1 cm³/mol. The van der Waals surface area contributed by atoms with Gasteiger partial charge in [0.2, 0.25) is 0 Å². The van der Waals surface area contributed by atoms with Crippen molar-refractivity contribution in [3.8, 4) is 0 Å². The highest BCUT2D eigenvalue weighted by Crippen LogP contribution is 2.14. The first-order valence-electron chi connectivity index (χ1n) is 6.90. The Bertz CT molecular complexity index is 292. The van der Waals surface area contributed by atoms with Crippen LogP contribution in [-0.2, 0) is 0 Å². The van der Waals surface area contributed by atoms with Crippen LogP contribution in [0, 0.1) is 5.92 Å². The number of hydrogen-bond acceptors (Lipinski definition) is 1. The normalized spacial score (nSPS) is 14.9. The fraction of sp³-hybridized carbons (Fsp3) is 0.625. The summed E-state index contributed by atoms with van der Waals surface area (Å²) in [6, 6.07) is 11.7. The van der Waals surface area contributed by atoms with Gasteiger partial charge in [-0.1, -0.05) is 57.0 Å². The Morgan fingerprint density at radius 3 is 2.18 bits per heavy atom. The summed E-state index contributed by atoms with van der Waals surface area (Å²) >= 11 is 0. The molecule has 1 N–H and O–H groups in total. The molecule has 0 spiro atoms. The molecule has 0 radical (unpaired) electrons. The third-order valence-corrected chi connectivity index (χ3v) is 3.25. The largest absolute Gasteiger partial charge is 0.308 e. The van der Waals surface area contributed by atoms with E-state index in [2.05, 4.69) is 63.3 Å². The van der Waals surface area contributed by atoms with Crippen LogP contribution in [0.3, 0.4) is 0 Å². The molecule has 1 nitrogen and oxygen atoms in total. The maximum atomic E-state index is 3.67. The minimum Gasteiger partial charge on any atom is -0.308 e. The molecule has 1 heteroatoms. The van der Waals surface area contributed by atoms with Gasteiger partial charge in [0.25, 0.3) is 0 Å². The molecule has 0 saturated carbocycles. The van der Waals surface area contributed by atoms with Crippen LogP contribution in [0.4, 0.5) is 0 Å². The minimum absolute atomic E-state index is 0.449. The number of nitrogens with one attached hydrogen (secondary N) is 1. The molecule has 0 aliphatic carbocycles. The molecule has 0 aromatic heterocycles. The molecule has 1 aromatic rings. The van der Waals surface area contributed by atoms with Crippen molar-refractivity contribution in [3.05, 3.63) is 35.9 Å². The van der Waals surface area contributed by atoms with Crippen molar-refractivity contribution in [1.82, 2.24) is 5.32 Å². The second-order valence-corrected chi connectivity index (χ2v) is 5.52. The molecule has 0 bridgehead atoms. The van der Waals surface area contributed by atoms with Gasteiger partial charge in [-0.3, -0.25) is 0 Å². The second kappa shape index (κ2) is 7.50. The van der Waals surface area contributed by atoms with Gasteiger partial charge in [0.1, 0.15) is 0 Å². The number of benzene rings is 1. The minimum atomic E-state index is 0.449. The lowest BCUT2D eigenvalue weighted by Crippen LogP contribution is -2.28. The van der Waals surface area contributed by atoms with Gasteiger partial charge >= 0.3 is 0 Å². The van der Waals surface area contributed by atoms with Crippen LogP contribution in [0.25, 0.3) is 0 Å². The van der Waals surface area contributed by atoms with Crippen LogP contribution in [-0.4, -0.2) is 6.04 Å². The summed E-state index contributed by atoms with van der Waals surface area (Å²) in [5, 5.41) is 3.67. The molecule has 0 fully saturated rings. The molecular formula is C16H27N. The summed E-state index contributed by atoms with van der Waals surface area (Å²) in [5.74, 6) is 0.828. The van der Waals surface area contributed by atoms with E-state index >= 15 is 0 Å². The van der Waals surface area contributed by atoms with E-state index in [1.807, 2.05) is 0 Å². The fourth-order valence-corrected chi connectivity index (χ4v) is 2.18. The third kappa shape index (κ3) is 5.88. The summed E-state index contributed by atoms with van der Waals surface area (Å²) in [6.07, 6.45) is 3.94. The maximum absolute atomic E-state index is 3.67. The Kier molecular flexibility index (Phi) is 6.28. The summed E-state index contributed by atoms with van der Waals surface area (Å²) in [6.45, 7) is 9.13. The number of hydrogen-bond donors (Lipinski definition) is 1. The van der Waals surface area contributed by atoms with Crippen LogP contribution >= 0.6 is 0 Å². The van der Waals surface area contributed by atoms with Crippen molar-refractivity contribution in [2.75, 3.05) is 0 Å². The molecular weight excluding hydrogens is 206 g/mol. The van der Waals surface area contributed by atoms with Gasteiger partial charge in [-0.15, -0.1) is 0 Å². The molecule has 17 heavy (non-hydrogen) atoms. The molecule has 0 heterocycles. The standard InChI is InChI=1S/C16H27N/c1-13(2)9-8-10-14(3)17-15(4)16-11-6-5-7-12-16/h5-7,11-15,17H,8-10H2,1-4H3. The Morgan fingerprint density at radius 2 is 1.59 bits per heavy atom. The average Bonchev–Trinajstić information content (AvgIpc) is 2.29. The molecule has 0 saturated heterocycles. The summed E-state index contributed by atoms with van der Waals surface area (Å²) in [4.78, 5) is 0. The van der Waals surface area contributed by atoms with Crippen LogP contribution in [0.2, 0.25) is 0 Å². The summed E-state index contributed by atoms with van der Waals surface area (Å²) in [7, 11) is 0. The van der Waals surface area contributed by atoms with Gasteiger partial charge in [-0.2, -0.15) is 0 Å². The van der Waals surface area contributed by atoms with Gasteiger partial charge in [0.05, 0.1) is 0 Å². The highest BCUT2D eigenvalue weighted by molar-refractivity contribution is 5.18. The van der Waals surface area contributed by atoms with E-state index in [-0.39, 0.29) is 0 Å². The Hall–Kier alpha value is -0.820. The number of rotatable bonds is 7. The van der Waals surface area contributed by atoms with Crippen molar-refractivity contribution in [3.63, 3.8) is 0 Å². The zero-order valence-corrected chi connectivity index (χ0v) is 11.7. The molecule has 1 rings (SSSR count). The van der Waals surface area contributed by atoms with Crippen molar-refractivity contribution in [1.29, 1.82) is 0 Å². The third-order valence-electron chi connectivity index (χ3n) is 3.25. The van der Waals surface area contributed by atoms with Gasteiger partial charge in [-0.25, -0.2) is 0 Å². The van der Waals surface area contributed by atoms with Crippen LogP contribution in [0.5, 0.6) is 0 Å². The Balaban J connectivity index is 2.28. The first-order valence-corrected chi connectivity index (χ1v) is 6.90. The molecule has 1 aromatic carbocycles. The summed E-state index contributed by atoms with van der Waals surface area (Å²) < 4.78 is 0. The molecule has 2 atom stereocenters. The topological polar surface area (TPSA) is 12.0 Å². The van der Waals surface area contributed by atoms with Crippen molar-refractivity contribution < 1.29 is 0 Å². The molecule has 0 amide bonds. The van der Waals surface area contributed by atoms with Gasteiger partial charge in [-0.05, 0) is 31.7 Å². The smallest absolute Gasteiger partial charge is 0.0294 e. The highest BCUT2D eigenvalue weighted by atomic mass is 14.9. The van der Waals surface area contributed by atoms with E-state index in [1.54, 1.807) is 0 Å². The zero-order valence-electron chi connectivity index (χ0n) is 11.7. The van der Waals surface area contributed by atoms with E-state index in [0.29, 0.717) is 12.1 Å². The quantitative estimate of drug-likeness (QED) is 0.728. The van der Waals surface area contributed by atoms with E-state index in [4.69, 9.17) is 0 Å². The van der Waals surface area contributed by atoms with Crippen molar-refractivity contribution in [2.24, 2.45) is 5.92 Å². The van der Waals surface area contributed by atoms with Gasteiger partial charge in [0.15, 0.2) is 0 Å². The lowest BCUT2D eigenvalue weighted by Gasteiger charge is -2.20. The molecule has 0 aliphatic rings. The van der Waals surface area contributed by atoms with Crippen molar-refractivity contribution in [2.45, 2.75) is 59.0 Å². The van der Waals surface area contributed by atoms with Crippen molar-refractivity contribution >= 4 is 0 Å². The first-order chi connectivity index (χ1) is 8.09. The van der Waals surface area contributed by atoms with E-state index in [1.165, 1.54) is 24.8 Å². The Morgan fingerprint density at radius 1 is 0.941 bits per heavy atom. The van der Waals surface area contributed by atoms with E-state index in [9.17, 15) is 0 Å². The van der Waals surface area contributed by atoms with E-state index < -0.39 is 0 Å². The van der Waals surface area contributed by atoms with Crippen LogP contribution in [0.1, 0.15) is 58.6 Å². The van der Waals surface area contributed by atoms with Crippen LogP contribution < -0.4 is 5.32 Å². The first kappa shape index (κ1) is 14.2. The zero-order chi connectivity index (χ0) is 12.7. The molecule has 0 aliphatic heterocycles. The summed E-state index contributed by atoms with van der Waals surface area (Å²) in [5.41, 5.74) is 1.38. The second-order valence-electron chi connectivity index (χ2n) is 5.52. The molecule has 96 valence electrons. The fourth-order valence-electron chi connectivity index (χ4n) is 2.18. The predicted octanol–water partition coefficient (Wildman–Crippen LogP) is 4.55. The van der Waals surface area contributed by atoms with Gasteiger partial charge in [0, 0.05) is 12.1 Å². The average molecular weight is 233 g/mol. The lowest BCUT2D eigenvalue weighted by molar-refractivity contribution is 0.424. The lowest BCUT2D eigenvalue weighted by atomic mass is 10.0. The molecule has 2 unspecified atom stereocenters. The Labute approximate surface area is 107 Å². The van der Waals surface area contributed by atoms with E-state index in [0.717, 1.165) is 5.92 Å². The highest BCUT2D eigenvalue weighted by Gasteiger charge is 2.08. The van der Waals surface area contributed by atoms with Crippen LogP contribution in [0.15, 0.2) is 30.3 Å². The SMILES string of the molecule is CC(C)CCCC(C)NC(C)c1ccccc1.